The molecule has 0 aromatic heterocycles. The van der Waals surface area contributed by atoms with Crippen LogP contribution in [-0.2, 0) is 4.74 Å². The van der Waals surface area contributed by atoms with E-state index in [1.807, 2.05) is 0 Å². The van der Waals surface area contributed by atoms with E-state index in [1.54, 1.807) is 39.0 Å². The maximum Gasteiger partial charge on any atom is 0.411 e. The van der Waals surface area contributed by atoms with Crippen molar-refractivity contribution in [1.29, 1.82) is 5.26 Å². The van der Waals surface area contributed by atoms with Gasteiger partial charge in [-0.05, 0) is 39.0 Å². The number of nitrogens with zero attached hydrogens (tertiary/aromatic N) is 2. The maximum atomic E-state index is 12.2. The van der Waals surface area contributed by atoms with Crippen LogP contribution in [0.25, 0.3) is 0 Å². The summed E-state index contributed by atoms with van der Waals surface area (Å²) >= 11 is 0. The third-order valence-electron chi connectivity index (χ3n) is 2.92. The molecule has 0 heterocycles. The molecule has 0 fully saturated rings. The Balaban J connectivity index is 3.15. The average molecular weight is 306 g/mol. The van der Waals surface area contributed by atoms with Crippen molar-refractivity contribution >= 4 is 6.09 Å². The van der Waals surface area contributed by atoms with E-state index in [2.05, 4.69) is 6.07 Å². The van der Waals surface area contributed by atoms with Gasteiger partial charge >= 0.3 is 6.09 Å². The van der Waals surface area contributed by atoms with Gasteiger partial charge in [0, 0.05) is 12.6 Å². The van der Waals surface area contributed by atoms with Crippen molar-refractivity contribution in [3.63, 3.8) is 0 Å². The molecule has 1 amide bonds. The summed E-state index contributed by atoms with van der Waals surface area (Å²) in [4.78, 5) is 13.4. The fourth-order valence-corrected chi connectivity index (χ4v) is 1.86. The second kappa shape index (κ2) is 7.03. The van der Waals surface area contributed by atoms with Gasteiger partial charge in [-0.3, -0.25) is 4.90 Å². The van der Waals surface area contributed by atoms with E-state index in [4.69, 9.17) is 14.2 Å². The standard InChI is InChI=1S/C16H22N2O4/c1-16(2,3)22-15(19)18(4)13(10-17)12-9-11(20-5)7-8-14(12)21-6/h7-9,13H,1-6H3. The molecule has 22 heavy (non-hydrogen) atoms. The van der Waals surface area contributed by atoms with Gasteiger partial charge in [0.15, 0.2) is 6.04 Å². The lowest BCUT2D eigenvalue weighted by Gasteiger charge is -2.28. The van der Waals surface area contributed by atoms with Crippen LogP contribution in [0.1, 0.15) is 32.4 Å². The maximum absolute atomic E-state index is 12.2. The molecule has 0 aliphatic carbocycles. The van der Waals surface area contributed by atoms with Crippen molar-refractivity contribution in [2.45, 2.75) is 32.4 Å². The Labute approximate surface area is 131 Å². The van der Waals surface area contributed by atoms with Gasteiger partial charge in [0.1, 0.15) is 17.1 Å². The lowest BCUT2D eigenvalue weighted by Crippen LogP contribution is -2.36. The summed E-state index contributed by atoms with van der Waals surface area (Å²) in [5.41, 5.74) is -0.0956. The minimum Gasteiger partial charge on any atom is -0.497 e. The van der Waals surface area contributed by atoms with E-state index in [1.165, 1.54) is 26.2 Å². The first kappa shape index (κ1) is 17.6. The summed E-state index contributed by atoms with van der Waals surface area (Å²) in [5, 5.41) is 9.48. The number of hydrogen-bond acceptors (Lipinski definition) is 5. The van der Waals surface area contributed by atoms with Gasteiger partial charge in [0.05, 0.1) is 20.3 Å². The van der Waals surface area contributed by atoms with Crippen LogP contribution < -0.4 is 9.47 Å². The van der Waals surface area contributed by atoms with Crippen molar-refractivity contribution in [2.24, 2.45) is 0 Å². The quantitative estimate of drug-likeness (QED) is 0.854. The molecule has 1 rings (SSSR count). The van der Waals surface area contributed by atoms with E-state index in [9.17, 15) is 10.1 Å². The summed E-state index contributed by atoms with van der Waals surface area (Å²) in [6, 6.07) is 6.35. The van der Waals surface area contributed by atoms with E-state index in [-0.39, 0.29) is 0 Å². The zero-order valence-electron chi connectivity index (χ0n) is 13.8. The molecule has 1 aromatic carbocycles. The summed E-state index contributed by atoms with van der Waals surface area (Å²) in [6.45, 7) is 5.31. The highest BCUT2D eigenvalue weighted by Crippen LogP contribution is 2.32. The number of amides is 1. The third-order valence-corrected chi connectivity index (χ3v) is 2.92. The van der Waals surface area contributed by atoms with Crippen LogP contribution in [0.15, 0.2) is 18.2 Å². The molecule has 0 saturated carbocycles. The molecule has 1 unspecified atom stereocenters. The predicted octanol–water partition coefficient (Wildman–Crippen LogP) is 3.14. The van der Waals surface area contributed by atoms with E-state index in [0.29, 0.717) is 17.1 Å². The van der Waals surface area contributed by atoms with Crippen LogP contribution in [0.3, 0.4) is 0 Å². The minimum absolute atomic E-state index is 0.503. The summed E-state index contributed by atoms with van der Waals surface area (Å²) in [7, 11) is 4.55. The molecule has 1 atom stereocenters. The number of hydrogen-bond donors (Lipinski definition) is 0. The highest BCUT2D eigenvalue weighted by atomic mass is 16.6. The third kappa shape index (κ3) is 4.29. The van der Waals surface area contributed by atoms with Crippen LogP contribution >= 0.6 is 0 Å². The number of ether oxygens (including phenoxy) is 3. The van der Waals surface area contributed by atoms with Crippen molar-refractivity contribution in [3.05, 3.63) is 23.8 Å². The predicted molar refractivity (Wildman–Crippen MR) is 81.9 cm³/mol. The molecular formula is C16H22N2O4. The van der Waals surface area contributed by atoms with Gasteiger partial charge < -0.3 is 14.2 Å². The smallest absolute Gasteiger partial charge is 0.411 e. The van der Waals surface area contributed by atoms with Gasteiger partial charge in [-0.15, -0.1) is 0 Å². The largest absolute Gasteiger partial charge is 0.497 e. The minimum atomic E-state index is -0.847. The molecule has 6 nitrogen and oxygen atoms in total. The van der Waals surface area contributed by atoms with Crippen LogP contribution in [0.5, 0.6) is 11.5 Å². The zero-order chi connectivity index (χ0) is 16.9. The molecule has 0 radical (unpaired) electrons. The van der Waals surface area contributed by atoms with Crippen LogP contribution in [0.4, 0.5) is 4.79 Å². The SMILES string of the molecule is COc1ccc(OC)c(C(C#N)N(C)C(=O)OC(C)(C)C)c1. The van der Waals surface area contributed by atoms with Gasteiger partial charge in [-0.25, -0.2) is 4.79 Å². The molecule has 0 spiro atoms. The Morgan fingerprint density at radius 1 is 1.27 bits per heavy atom. The normalized spacial score (nSPS) is 12.0. The first-order valence-electron chi connectivity index (χ1n) is 6.81. The second-order valence-electron chi connectivity index (χ2n) is 5.73. The van der Waals surface area contributed by atoms with E-state index in [0.717, 1.165) is 0 Å². The monoisotopic (exact) mass is 306 g/mol. The van der Waals surface area contributed by atoms with Gasteiger partial charge in [-0.1, -0.05) is 0 Å². The van der Waals surface area contributed by atoms with E-state index < -0.39 is 17.7 Å². The highest BCUT2D eigenvalue weighted by molar-refractivity contribution is 5.69. The second-order valence-corrected chi connectivity index (χ2v) is 5.73. The van der Waals surface area contributed by atoms with Crippen molar-refractivity contribution in [1.82, 2.24) is 4.90 Å². The topological polar surface area (TPSA) is 71.8 Å². The highest BCUT2D eigenvalue weighted by Gasteiger charge is 2.28. The molecule has 1 aromatic rings. The number of nitriles is 1. The average Bonchev–Trinajstić information content (AvgIpc) is 2.45. The number of methoxy groups -OCH3 is 2. The van der Waals surface area contributed by atoms with Crippen molar-refractivity contribution in [2.75, 3.05) is 21.3 Å². The summed E-state index contributed by atoms with van der Waals surface area (Å²) in [6.07, 6.45) is -0.580. The molecule has 0 aliphatic rings. The summed E-state index contributed by atoms with van der Waals surface area (Å²) < 4.78 is 15.7. The molecule has 0 aliphatic heterocycles. The molecule has 120 valence electrons. The Morgan fingerprint density at radius 3 is 2.36 bits per heavy atom. The zero-order valence-corrected chi connectivity index (χ0v) is 13.8. The number of carbonyl (C=O) groups excluding carboxylic acids is 1. The Morgan fingerprint density at radius 2 is 1.91 bits per heavy atom. The molecule has 0 N–H and O–H groups in total. The number of rotatable bonds is 4. The van der Waals surface area contributed by atoms with Crippen molar-refractivity contribution in [3.8, 4) is 17.6 Å². The summed E-state index contributed by atoms with van der Waals surface area (Å²) in [5.74, 6) is 1.08. The first-order valence-corrected chi connectivity index (χ1v) is 6.81. The lowest BCUT2D eigenvalue weighted by atomic mass is 10.1. The number of benzene rings is 1. The fourth-order valence-electron chi connectivity index (χ4n) is 1.86. The Hall–Kier alpha value is -2.42. The van der Waals surface area contributed by atoms with Gasteiger partial charge in [0.2, 0.25) is 0 Å². The number of carbonyl (C=O) groups is 1. The first-order chi connectivity index (χ1) is 10.2. The lowest BCUT2D eigenvalue weighted by molar-refractivity contribution is 0.0257. The van der Waals surface area contributed by atoms with Crippen LogP contribution in [0, 0.1) is 11.3 Å². The molecular weight excluding hydrogens is 284 g/mol. The Kier molecular flexibility index (Phi) is 5.63. The van der Waals surface area contributed by atoms with E-state index >= 15 is 0 Å². The molecule has 6 heteroatoms. The van der Waals surface area contributed by atoms with Crippen LogP contribution in [-0.4, -0.2) is 37.9 Å². The molecule has 0 saturated heterocycles. The van der Waals surface area contributed by atoms with Gasteiger partial charge in [0.25, 0.3) is 0 Å². The fraction of sp³-hybridized carbons (Fsp3) is 0.500. The van der Waals surface area contributed by atoms with Gasteiger partial charge in [-0.2, -0.15) is 5.26 Å². The Bertz CT molecular complexity index is 572. The molecule has 0 bridgehead atoms. The van der Waals surface area contributed by atoms with Crippen LogP contribution in [0.2, 0.25) is 0 Å². The van der Waals surface area contributed by atoms with Crippen molar-refractivity contribution < 1.29 is 19.0 Å².